The summed E-state index contributed by atoms with van der Waals surface area (Å²) in [5.41, 5.74) is 0.213. The van der Waals surface area contributed by atoms with Gasteiger partial charge < -0.3 is 15.2 Å². The van der Waals surface area contributed by atoms with Crippen LogP contribution < -0.4 is 10.6 Å². The molecule has 0 aliphatic rings. The molecule has 0 fully saturated rings. The first-order valence-corrected chi connectivity index (χ1v) is 4.95. The van der Waals surface area contributed by atoms with Crippen LogP contribution in [0.2, 0.25) is 0 Å². The lowest BCUT2D eigenvalue weighted by atomic mass is 10.3. The molecule has 0 spiro atoms. The van der Waals surface area contributed by atoms with Crippen molar-refractivity contribution in [1.29, 1.82) is 0 Å². The molecule has 17 heavy (non-hydrogen) atoms. The molecule has 0 saturated heterocycles. The predicted molar refractivity (Wildman–Crippen MR) is 60.8 cm³/mol. The minimum absolute atomic E-state index is 0.213. The van der Waals surface area contributed by atoms with Gasteiger partial charge in [-0.1, -0.05) is 5.16 Å². The molecule has 0 atom stereocenters. The summed E-state index contributed by atoms with van der Waals surface area (Å²) in [7, 11) is 1.72. The Morgan fingerprint density at radius 2 is 2.12 bits per heavy atom. The molecule has 0 radical (unpaired) electrons. The Labute approximate surface area is 97.2 Å². The van der Waals surface area contributed by atoms with Crippen molar-refractivity contribution in [3.05, 3.63) is 29.7 Å². The second-order valence-corrected chi connectivity index (χ2v) is 3.33. The van der Waals surface area contributed by atoms with Gasteiger partial charge in [-0.05, 0) is 19.1 Å². The van der Waals surface area contributed by atoms with Crippen molar-refractivity contribution < 1.29 is 9.32 Å². The summed E-state index contributed by atoms with van der Waals surface area (Å²) in [5, 5.41) is 16.6. The molecule has 0 bridgehead atoms. The van der Waals surface area contributed by atoms with Crippen LogP contribution >= 0.6 is 0 Å². The molecule has 2 aromatic heterocycles. The minimum Gasteiger partial charge on any atom is -0.372 e. The Morgan fingerprint density at radius 3 is 2.65 bits per heavy atom. The Balaban J connectivity index is 2.09. The molecule has 7 nitrogen and oxygen atoms in total. The third-order valence-corrected chi connectivity index (χ3v) is 2.02. The summed E-state index contributed by atoms with van der Waals surface area (Å²) < 4.78 is 4.83. The first-order chi connectivity index (χ1) is 8.19. The van der Waals surface area contributed by atoms with Gasteiger partial charge >= 0.3 is 0 Å². The van der Waals surface area contributed by atoms with Crippen LogP contribution in [0.5, 0.6) is 0 Å². The largest absolute Gasteiger partial charge is 0.372 e. The number of amides is 1. The van der Waals surface area contributed by atoms with E-state index in [1.165, 1.54) is 0 Å². The van der Waals surface area contributed by atoms with Gasteiger partial charge in [0.25, 0.3) is 5.91 Å². The summed E-state index contributed by atoms with van der Waals surface area (Å²) in [6.45, 7) is 1.74. The number of carbonyl (C=O) groups excluding carboxylic acids is 1. The van der Waals surface area contributed by atoms with Crippen LogP contribution in [0.3, 0.4) is 0 Å². The van der Waals surface area contributed by atoms with Crippen LogP contribution in [0, 0.1) is 6.92 Å². The number of hydrogen-bond acceptors (Lipinski definition) is 6. The van der Waals surface area contributed by atoms with E-state index >= 15 is 0 Å². The molecule has 2 N–H and O–H groups in total. The first kappa shape index (κ1) is 11.1. The van der Waals surface area contributed by atoms with Crippen LogP contribution in [0.1, 0.15) is 16.2 Å². The SMILES string of the molecule is CNc1ccc(C(=O)Nc2cc(C)on2)nn1. The Morgan fingerprint density at radius 1 is 1.29 bits per heavy atom. The van der Waals surface area contributed by atoms with Crippen LogP contribution in [-0.2, 0) is 0 Å². The number of nitrogens with one attached hydrogen (secondary N) is 2. The predicted octanol–water partition coefficient (Wildman–Crippen LogP) is 1.07. The molecule has 88 valence electrons. The minimum atomic E-state index is -0.381. The lowest BCUT2D eigenvalue weighted by molar-refractivity contribution is 0.102. The van der Waals surface area contributed by atoms with Gasteiger partial charge in [0, 0.05) is 13.1 Å². The molecular formula is C10H11N5O2. The summed E-state index contributed by atoms with van der Waals surface area (Å²) in [6, 6.07) is 4.85. The quantitative estimate of drug-likeness (QED) is 0.823. The van der Waals surface area contributed by atoms with Gasteiger partial charge in [-0.2, -0.15) is 0 Å². The fourth-order valence-corrected chi connectivity index (χ4v) is 1.19. The van der Waals surface area contributed by atoms with Crippen molar-refractivity contribution in [3.63, 3.8) is 0 Å². The van der Waals surface area contributed by atoms with E-state index in [0.29, 0.717) is 17.4 Å². The zero-order chi connectivity index (χ0) is 12.3. The molecule has 0 aromatic carbocycles. The van der Waals surface area contributed by atoms with Crippen molar-refractivity contribution in [2.45, 2.75) is 6.92 Å². The standard InChI is InChI=1S/C10H11N5O2/c1-6-5-9(15-17-6)12-10(16)7-3-4-8(11-2)14-13-7/h3-5H,1-2H3,(H,11,14)(H,12,15,16). The van der Waals surface area contributed by atoms with E-state index in [9.17, 15) is 4.79 Å². The van der Waals surface area contributed by atoms with Crippen molar-refractivity contribution in [2.75, 3.05) is 17.7 Å². The molecule has 2 aromatic rings. The Hall–Kier alpha value is -2.44. The monoisotopic (exact) mass is 233 g/mol. The average Bonchev–Trinajstić information content (AvgIpc) is 2.75. The van der Waals surface area contributed by atoms with Gasteiger partial charge in [0.05, 0.1) is 0 Å². The van der Waals surface area contributed by atoms with Gasteiger partial charge in [-0.3, -0.25) is 4.79 Å². The average molecular weight is 233 g/mol. The first-order valence-electron chi connectivity index (χ1n) is 4.95. The highest BCUT2D eigenvalue weighted by atomic mass is 16.5. The van der Waals surface area contributed by atoms with E-state index in [2.05, 4.69) is 26.0 Å². The van der Waals surface area contributed by atoms with Gasteiger partial charge in [0.1, 0.15) is 11.6 Å². The highest BCUT2D eigenvalue weighted by Gasteiger charge is 2.10. The second-order valence-electron chi connectivity index (χ2n) is 3.33. The highest BCUT2D eigenvalue weighted by Crippen LogP contribution is 2.09. The molecule has 0 saturated carbocycles. The lowest BCUT2D eigenvalue weighted by Crippen LogP contribution is -2.14. The number of nitrogens with zero attached hydrogens (tertiary/aromatic N) is 3. The van der Waals surface area contributed by atoms with Crippen LogP contribution in [-0.4, -0.2) is 28.3 Å². The van der Waals surface area contributed by atoms with E-state index in [-0.39, 0.29) is 11.6 Å². The zero-order valence-corrected chi connectivity index (χ0v) is 9.39. The number of aromatic nitrogens is 3. The van der Waals surface area contributed by atoms with Gasteiger partial charge in [0.15, 0.2) is 11.5 Å². The lowest BCUT2D eigenvalue weighted by Gasteiger charge is -2.00. The van der Waals surface area contributed by atoms with E-state index in [0.717, 1.165) is 0 Å². The second kappa shape index (κ2) is 4.60. The fraction of sp³-hybridized carbons (Fsp3) is 0.200. The maximum Gasteiger partial charge on any atom is 0.277 e. The number of hydrogen-bond donors (Lipinski definition) is 2. The number of aryl methyl sites for hydroxylation is 1. The summed E-state index contributed by atoms with van der Waals surface area (Å²) in [4.78, 5) is 11.7. The molecule has 7 heteroatoms. The summed E-state index contributed by atoms with van der Waals surface area (Å²) in [5.74, 6) is 1.19. The maximum atomic E-state index is 11.7. The number of rotatable bonds is 3. The molecule has 0 unspecified atom stereocenters. The van der Waals surface area contributed by atoms with Crippen LogP contribution in [0.25, 0.3) is 0 Å². The van der Waals surface area contributed by atoms with Gasteiger partial charge in [-0.15, -0.1) is 10.2 Å². The van der Waals surface area contributed by atoms with Crippen molar-refractivity contribution >= 4 is 17.5 Å². The van der Waals surface area contributed by atoms with Gasteiger partial charge in [0.2, 0.25) is 0 Å². The van der Waals surface area contributed by atoms with E-state index in [4.69, 9.17) is 4.52 Å². The third kappa shape index (κ3) is 2.57. The molecule has 0 aliphatic heterocycles. The van der Waals surface area contributed by atoms with Crippen LogP contribution in [0.15, 0.2) is 22.7 Å². The summed E-state index contributed by atoms with van der Waals surface area (Å²) >= 11 is 0. The summed E-state index contributed by atoms with van der Waals surface area (Å²) in [6.07, 6.45) is 0. The topological polar surface area (TPSA) is 92.9 Å². The van der Waals surface area contributed by atoms with Crippen LogP contribution in [0.4, 0.5) is 11.6 Å². The van der Waals surface area contributed by atoms with Crippen molar-refractivity contribution in [3.8, 4) is 0 Å². The van der Waals surface area contributed by atoms with E-state index < -0.39 is 0 Å². The molecule has 1 amide bonds. The molecule has 0 aliphatic carbocycles. The smallest absolute Gasteiger partial charge is 0.277 e. The van der Waals surface area contributed by atoms with Crippen molar-refractivity contribution in [1.82, 2.24) is 15.4 Å². The van der Waals surface area contributed by atoms with E-state index in [1.54, 1.807) is 32.2 Å². The molecular weight excluding hydrogens is 222 g/mol. The highest BCUT2D eigenvalue weighted by molar-refractivity contribution is 6.02. The molecule has 2 heterocycles. The maximum absolute atomic E-state index is 11.7. The zero-order valence-electron chi connectivity index (χ0n) is 9.39. The van der Waals surface area contributed by atoms with E-state index in [1.807, 2.05) is 0 Å². The third-order valence-electron chi connectivity index (χ3n) is 2.02. The molecule has 2 rings (SSSR count). The normalized spacial score (nSPS) is 10.0. The fourth-order valence-electron chi connectivity index (χ4n) is 1.19. The number of carbonyl (C=O) groups is 1. The Bertz CT molecular complexity index is 520. The number of anilines is 2. The van der Waals surface area contributed by atoms with Crippen molar-refractivity contribution in [2.24, 2.45) is 0 Å². The Kier molecular flexibility index (Phi) is 2.99. The van der Waals surface area contributed by atoms with Gasteiger partial charge in [-0.25, -0.2) is 0 Å².